The normalized spacial score (nSPS) is 29.1. The number of esters is 6. The fraction of sp³-hybridized carbons (Fsp3) is 0.571. The van der Waals surface area contributed by atoms with E-state index >= 15 is 0 Å². The van der Waals surface area contributed by atoms with Crippen LogP contribution in [0.3, 0.4) is 0 Å². The fourth-order valence-electron chi connectivity index (χ4n) is 10.6. The van der Waals surface area contributed by atoms with E-state index in [2.05, 4.69) is 18.2 Å². The lowest BCUT2D eigenvalue weighted by atomic mass is 9.64. The molecule has 0 amide bonds. The summed E-state index contributed by atoms with van der Waals surface area (Å²) in [6.07, 6.45) is 11.0. The second-order valence-electron chi connectivity index (χ2n) is 15.7. The third-order valence-corrected chi connectivity index (χ3v) is 13.4. The van der Waals surface area contributed by atoms with E-state index in [1.54, 1.807) is 0 Å². The number of allylic oxidation sites excluding steroid dienone is 6. The van der Waals surface area contributed by atoms with Gasteiger partial charge in [0.05, 0.1) is 78.2 Å². The minimum atomic E-state index is -0.747. The molecule has 3 fully saturated rings. The van der Waals surface area contributed by atoms with Crippen molar-refractivity contribution < 1.29 is 57.2 Å². The Bertz CT molecular complexity index is 1660. The maximum absolute atomic E-state index is 13.5. The van der Waals surface area contributed by atoms with Crippen molar-refractivity contribution >= 4 is 52.5 Å². The molecule has 288 valence electrons. The molecule has 0 radical (unpaired) electrons. The average Bonchev–Trinajstić information content (AvgIpc) is 4.12. The van der Waals surface area contributed by atoms with E-state index in [9.17, 15) is 28.8 Å². The Morgan fingerprint density at radius 1 is 0.407 bits per heavy atom. The molecule has 0 N–H and O–H groups in total. The predicted octanol–water partition coefficient (Wildman–Crippen LogP) is 5.12. The van der Waals surface area contributed by atoms with Crippen LogP contribution in [0, 0.1) is 51.8 Å². The van der Waals surface area contributed by atoms with Gasteiger partial charge in [0.2, 0.25) is 0 Å². The number of ether oxygens (including phenoxy) is 6. The molecule has 0 aliphatic heterocycles. The first kappa shape index (κ1) is 37.6. The molecule has 3 saturated carbocycles. The Morgan fingerprint density at radius 3 is 0.815 bits per heavy atom. The van der Waals surface area contributed by atoms with Gasteiger partial charge in [-0.25, -0.2) is 0 Å². The second-order valence-corrected chi connectivity index (χ2v) is 15.7. The zero-order valence-electron chi connectivity index (χ0n) is 31.7. The smallest absolute Gasteiger partial charge is 0.310 e. The molecule has 0 saturated heterocycles. The molecule has 3 spiro atoms. The molecule has 0 heterocycles. The first-order chi connectivity index (χ1) is 25.9. The molecular weight excluding hydrogens is 696 g/mol. The summed E-state index contributed by atoms with van der Waals surface area (Å²) < 4.78 is 31.3. The quantitative estimate of drug-likeness (QED) is 0.243. The van der Waals surface area contributed by atoms with Crippen molar-refractivity contribution in [1.82, 2.24) is 0 Å². The van der Waals surface area contributed by atoms with Gasteiger partial charge >= 0.3 is 35.8 Å². The van der Waals surface area contributed by atoms with Crippen molar-refractivity contribution in [3.8, 4) is 0 Å². The van der Waals surface area contributed by atoms with Gasteiger partial charge in [0, 0.05) is 16.2 Å². The number of hydrogen-bond donors (Lipinski definition) is 0. The van der Waals surface area contributed by atoms with Crippen molar-refractivity contribution in [2.45, 2.75) is 57.8 Å². The van der Waals surface area contributed by atoms with E-state index in [0.717, 1.165) is 33.4 Å². The molecule has 0 aromatic heterocycles. The summed E-state index contributed by atoms with van der Waals surface area (Å²) in [6.45, 7) is 0. The monoisotopic (exact) mass is 744 g/mol. The Morgan fingerprint density at radius 2 is 0.630 bits per heavy atom. The molecule has 6 aliphatic carbocycles. The lowest BCUT2D eigenvalue weighted by Crippen LogP contribution is -2.41. The van der Waals surface area contributed by atoms with Crippen LogP contribution in [-0.2, 0) is 57.2 Å². The van der Waals surface area contributed by atoms with Gasteiger partial charge in [-0.1, -0.05) is 18.2 Å². The minimum absolute atomic E-state index is 0.277. The van der Waals surface area contributed by atoms with Gasteiger partial charge in [-0.15, -0.1) is 0 Å². The molecule has 7 rings (SSSR count). The van der Waals surface area contributed by atoms with Crippen molar-refractivity contribution in [2.75, 3.05) is 42.7 Å². The number of benzene rings is 1. The van der Waals surface area contributed by atoms with Crippen LogP contribution in [0.15, 0.2) is 36.4 Å². The maximum Gasteiger partial charge on any atom is 0.310 e. The van der Waals surface area contributed by atoms with Crippen molar-refractivity contribution in [3.63, 3.8) is 0 Å². The highest BCUT2D eigenvalue weighted by Gasteiger charge is 2.64. The summed E-state index contributed by atoms with van der Waals surface area (Å²) in [6, 6.07) is 6.25. The van der Waals surface area contributed by atoms with Gasteiger partial charge in [-0.2, -0.15) is 0 Å². The summed E-state index contributed by atoms with van der Waals surface area (Å²) in [5.74, 6) is -7.12. The Balaban J connectivity index is 1.42. The Hall–Kier alpha value is -4.74. The molecule has 1 aromatic rings. The predicted molar refractivity (Wildman–Crippen MR) is 192 cm³/mol. The molecule has 54 heavy (non-hydrogen) atoms. The van der Waals surface area contributed by atoms with Gasteiger partial charge < -0.3 is 28.4 Å². The van der Waals surface area contributed by atoms with Crippen LogP contribution < -0.4 is 0 Å². The summed E-state index contributed by atoms with van der Waals surface area (Å²) >= 11 is 0. The molecule has 1 aromatic carbocycles. The lowest BCUT2D eigenvalue weighted by molar-refractivity contribution is -0.160. The zero-order chi connectivity index (χ0) is 38.7. The standard InChI is InChI=1S/C42H48O12/c1-49-34(43)25-7-10-28(40(13-14-40)31(25)37(46)52-4)22-19-23(29-11-8-26(35(44)50-2)32(38(47)53-5)41(29)15-16-41)21-24(20-22)30-12-9-27(36(45)51-3)33(39(48)54-6)42(30)17-18-42/h10-12,19-21,25-27,31-33H,7-9,13-18H2,1-6H3. The highest BCUT2D eigenvalue weighted by Crippen LogP contribution is 2.69. The van der Waals surface area contributed by atoms with Crippen LogP contribution in [-0.4, -0.2) is 78.5 Å². The first-order valence-corrected chi connectivity index (χ1v) is 18.7. The number of hydrogen-bond acceptors (Lipinski definition) is 12. The highest BCUT2D eigenvalue weighted by atomic mass is 16.5. The van der Waals surface area contributed by atoms with Gasteiger partial charge in [0.1, 0.15) is 0 Å². The fourth-order valence-corrected chi connectivity index (χ4v) is 10.6. The van der Waals surface area contributed by atoms with E-state index in [-0.39, 0.29) is 19.3 Å². The molecular formula is C42H48O12. The SMILES string of the molecule is COC(=O)C1CC=C(c2cc(C3=CCC(C(=O)OC)C(C(=O)OC)C34CC4)cc(C3=CCC(C(=O)OC)C(C(=O)OC)C34CC4)c2)C2(CC2)C1C(=O)OC. The number of rotatable bonds is 9. The maximum atomic E-state index is 13.5. The lowest BCUT2D eigenvalue weighted by Gasteiger charge is -2.39. The van der Waals surface area contributed by atoms with Crippen LogP contribution in [0.5, 0.6) is 0 Å². The third-order valence-electron chi connectivity index (χ3n) is 13.4. The molecule has 12 heteroatoms. The molecule has 6 unspecified atom stereocenters. The zero-order valence-corrected chi connectivity index (χ0v) is 31.7. The molecule has 0 bridgehead atoms. The summed E-state index contributed by atoms with van der Waals surface area (Å²) in [5.41, 5.74) is 3.34. The van der Waals surface area contributed by atoms with E-state index in [1.807, 2.05) is 18.2 Å². The number of carbonyl (C=O) groups excluding carboxylic acids is 6. The van der Waals surface area contributed by atoms with E-state index in [0.29, 0.717) is 38.5 Å². The number of methoxy groups -OCH3 is 6. The molecule has 6 aliphatic rings. The van der Waals surface area contributed by atoms with E-state index < -0.39 is 87.6 Å². The number of carbonyl (C=O) groups is 6. The topological polar surface area (TPSA) is 158 Å². The van der Waals surface area contributed by atoms with Crippen molar-refractivity contribution in [2.24, 2.45) is 51.8 Å². The van der Waals surface area contributed by atoms with Crippen molar-refractivity contribution in [3.05, 3.63) is 53.1 Å². The molecule has 12 nitrogen and oxygen atoms in total. The first-order valence-electron chi connectivity index (χ1n) is 18.7. The van der Waals surface area contributed by atoms with E-state index in [4.69, 9.17) is 28.4 Å². The van der Waals surface area contributed by atoms with Gasteiger partial charge in [0.15, 0.2) is 0 Å². The van der Waals surface area contributed by atoms with E-state index in [1.165, 1.54) is 42.7 Å². The second kappa shape index (κ2) is 13.8. The Kier molecular flexibility index (Phi) is 9.63. The average molecular weight is 745 g/mol. The van der Waals surface area contributed by atoms with Gasteiger partial charge in [0.25, 0.3) is 0 Å². The largest absolute Gasteiger partial charge is 0.469 e. The van der Waals surface area contributed by atoms with Gasteiger partial charge in [-0.3, -0.25) is 28.8 Å². The van der Waals surface area contributed by atoms with Crippen LogP contribution >= 0.6 is 0 Å². The Labute approximate surface area is 314 Å². The van der Waals surface area contributed by atoms with Crippen LogP contribution in [0.2, 0.25) is 0 Å². The molecule has 6 atom stereocenters. The van der Waals surface area contributed by atoms with Crippen LogP contribution in [0.25, 0.3) is 16.7 Å². The van der Waals surface area contributed by atoms with Crippen LogP contribution in [0.1, 0.15) is 74.5 Å². The van der Waals surface area contributed by atoms with Crippen LogP contribution in [0.4, 0.5) is 0 Å². The van der Waals surface area contributed by atoms with Crippen molar-refractivity contribution in [1.29, 1.82) is 0 Å². The summed E-state index contributed by atoms with van der Waals surface area (Å²) in [7, 11) is 7.95. The van der Waals surface area contributed by atoms with Gasteiger partial charge in [-0.05, 0) is 109 Å². The summed E-state index contributed by atoms with van der Waals surface area (Å²) in [5, 5.41) is 0. The highest BCUT2D eigenvalue weighted by molar-refractivity contribution is 5.95. The third kappa shape index (κ3) is 5.70. The summed E-state index contributed by atoms with van der Waals surface area (Å²) in [4.78, 5) is 79.6. The minimum Gasteiger partial charge on any atom is -0.469 e.